The number of nitrogens with zero attached hydrogens (tertiary/aromatic N) is 1. The molecule has 1 fully saturated rings. The molecule has 0 saturated carbocycles. The van der Waals surface area contributed by atoms with E-state index in [-0.39, 0.29) is 6.42 Å². The predicted molar refractivity (Wildman–Crippen MR) is 58.0 cm³/mol. The van der Waals surface area contributed by atoms with Crippen molar-refractivity contribution in [2.24, 2.45) is 0 Å². The van der Waals surface area contributed by atoms with Crippen LogP contribution in [0, 0.1) is 0 Å². The molecule has 0 aromatic heterocycles. The first-order valence-corrected chi connectivity index (χ1v) is 5.78. The number of hydrogen-bond donors (Lipinski definition) is 1. The second-order valence-electron chi connectivity index (χ2n) is 3.99. The van der Waals surface area contributed by atoms with E-state index in [1.54, 1.807) is 0 Å². The standard InChI is InChI=1S/C11H21NO3/c1-2-15-10-5-8-12(9-6-10)7-3-4-11(13)14/h10H,2-9H2,1H3,(H,13,14). The van der Waals surface area contributed by atoms with Gasteiger partial charge in [-0.25, -0.2) is 0 Å². The molecule has 0 aliphatic carbocycles. The van der Waals surface area contributed by atoms with Gasteiger partial charge in [-0.15, -0.1) is 0 Å². The van der Waals surface area contributed by atoms with Crippen LogP contribution in [0.15, 0.2) is 0 Å². The summed E-state index contributed by atoms with van der Waals surface area (Å²) < 4.78 is 5.55. The minimum Gasteiger partial charge on any atom is -0.481 e. The van der Waals surface area contributed by atoms with Crippen LogP contribution in [0.4, 0.5) is 0 Å². The third kappa shape index (κ3) is 5.14. The van der Waals surface area contributed by atoms with Gasteiger partial charge in [-0.05, 0) is 32.7 Å². The summed E-state index contributed by atoms with van der Waals surface area (Å²) in [5.41, 5.74) is 0. The summed E-state index contributed by atoms with van der Waals surface area (Å²) in [5.74, 6) is -0.695. The van der Waals surface area contributed by atoms with Gasteiger partial charge in [0.15, 0.2) is 0 Å². The fourth-order valence-electron chi connectivity index (χ4n) is 1.99. The Balaban J connectivity index is 2.06. The molecule has 1 aliphatic heterocycles. The molecule has 4 nitrogen and oxygen atoms in total. The van der Waals surface area contributed by atoms with Gasteiger partial charge in [-0.2, -0.15) is 0 Å². The zero-order chi connectivity index (χ0) is 11.1. The zero-order valence-electron chi connectivity index (χ0n) is 9.45. The lowest BCUT2D eigenvalue weighted by Gasteiger charge is -2.31. The van der Waals surface area contributed by atoms with Gasteiger partial charge in [-0.3, -0.25) is 4.79 Å². The van der Waals surface area contributed by atoms with E-state index in [0.29, 0.717) is 6.10 Å². The summed E-state index contributed by atoms with van der Waals surface area (Å²) in [5, 5.41) is 8.52. The summed E-state index contributed by atoms with van der Waals surface area (Å²) in [4.78, 5) is 12.7. The second-order valence-corrected chi connectivity index (χ2v) is 3.99. The van der Waals surface area contributed by atoms with Gasteiger partial charge in [0.25, 0.3) is 0 Å². The predicted octanol–water partition coefficient (Wildman–Crippen LogP) is 1.35. The molecule has 0 bridgehead atoms. The van der Waals surface area contributed by atoms with Gasteiger partial charge < -0.3 is 14.7 Å². The van der Waals surface area contributed by atoms with Gasteiger partial charge in [0.05, 0.1) is 6.10 Å². The molecule has 1 rings (SSSR count). The quantitative estimate of drug-likeness (QED) is 0.726. The minimum absolute atomic E-state index is 0.283. The number of rotatable bonds is 6. The molecule has 0 spiro atoms. The highest BCUT2D eigenvalue weighted by Crippen LogP contribution is 2.13. The first kappa shape index (κ1) is 12.5. The lowest BCUT2D eigenvalue weighted by Crippen LogP contribution is -2.37. The van der Waals surface area contributed by atoms with Gasteiger partial charge in [0.1, 0.15) is 0 Å². The van der Waals surface area contributed by atoms with Crippen LogP contribution in [-0.2, 0) is 9.53 Å². The Hall–Kier alpha value is -0.610. The van der Waals surface area contributed by atoms with Crippen molar-refractivity contribution in [3.8, 4) is 0 Å². The summed E-state index contributed by atoms with van der Waals surface area (Å²) in [6, 6.07) is 0. The van der Waals surface area contributed by atoms with Crippen molar-refractivity contribution < 1.29 is 14.6 Å². The minimum atomic E-state index is -0.695. The first-order valence-electron chi connectivity index (χ1n) is 5.78. The molecule has 1 aliphatic rings. The van der Waals surface area contributed by atoms with Crippen molar-refractivity contribution in [1.29, 1.82) is 0 Å². The highest BCUT2D eigenvalue weighted by Gasteiger charge is 2.18. The Labute approximate surface area is 91.2 Å². The third-order valence-electron chi connectivity index (χ3n) is 2.80. The maximum absolute atomic E-state index is 10.3. The molecule has 1 heterocycles. The second kappa shape index (κ2) is 6.80. The fourth-order valence-corrected chi connectivity index (χ4v) is 1.99. The van der Waals surface area contributed by atoms with E-state index in [2.05, 4.69) is 4.90 Å². The average Bonchev–Trinajstić information content (AvgIpc) is 2.20. The number of hydrogen-bond acceptors (Lipinski definition) is 3. The Kier molecular flexibility index (Phi) is 5.65. The lowest BCUT2D eigenvalue weighted by atomic mass is 10.1. The highest BCUT2D eigenvalue weighted by molar-refractivity contribution is 5.66. The maximum Gasteiger partial charge on any atom is 0.303 e. The Morgan fingerprint density at radius 3 is 2.67 bits per heavy atom. The maximum atomic E-state index is 10.3. The van der Waals surface area contributed by atoms with E-state index in [1.807, 2.05) is 6.92 Å². The molecule has 4 heteroatoms. The van der Waals surface area contributed by atoms with Gasteiger partial charge in [0, 0.05) is 26.1 Å². The van der Waals surface area contributed by atoms with Crippen LogP contribution in [0.25, 0.3) is 0 Å². The van der Waals surface area contributed by atoms with Crippen molar-refractivity contribution >= 4 is 5.97 Å². The molecule has 0 aromatic rings. The van der Waals surface area contributed by atoms with Crippen LogP contribution in [0.2, 0.25) is 0 Å². The SMILES string of the molecule is CCOC1CCN(CCCC(=O)O)CC1. The van der Waals surface area contributed by atoms with Crippen LogP contribution in [-0.4, -0.2) is 48.3 Å². The summed E-state index contributed by atoms with van der Waals surface area (Å²) in [6.45, 7) is 5.82. The Morgan fingerprint density at radius 2 is 2.13 bits per heavy atom. The topological polar surface area (TPSA) is 49.8 Å². The van der Waals surface area contributed by atoms with E-state index in [9.17, 15) is 4.79 Å². The van der Waals surface area contributed by atoms with E-state index < -0.39 is 5.97 Å². The largest absolute Gasteiger partial charge is 0.481 e. The molecule has 0 atom stereocenters. The van der Waals surface area contributed by atoms with Gasteiger partial charge >= 0.3 is 5.97 Å². The smallest absolute Gasteiger partial charge is 0.303 e. The van der Waals surface area contributed by atoms with E-state index in [1.165, 1.54) is 0 Å². The molecule has 1 N–H and O–H groups in total. The molecule has 15 heavy (non-hydrogen) atoms. The molecule has 0 radical (unpaired) electrons. The van der Waals surface area contributed by atoms with Crippen molar-refractivity contribution in [3.63, 3.8) is 0 Å². The van der Waals surface area contributed by atoms with Crippen LogP contribution in [0.5, 0.6) is 0 Å². The number of carboxylic acid groups (broad SMARTS) is 1. The summed E-state index contributed by atoms with van der Waals surface area (Å²) in [7, 11) is 0. The van der Waals surface area contributed by atoms with Crippen molar-refractivity contribution in [3.05, 3.63) is 0 Å². The van der Waals surface area contributed by atoms with Crippen LogP contribution < -0.4 is 0 Å². The number of piperidine rings is 1. The number of likely N-dealkylation sites (tertiary alicyclic amines) is 1. The molecule has 1 saturated heterocycles. The van der Waals surface area contributed by atoms with Crippen molar-refractivity contribution in [2.75, 3.05) is 26.2 Å². The van der Waals surface area contributed by atoms with E-state index in [0.717, 1.165) is 45.5 Å². The third-order valence-corrected chi connectivity index (χ3v) is 2.80. The average molecular weight is 215 g/mol. The van der Waals surface area contributed by atoms with E-state index in [4.69, 9.17) is 9.84 Å². The van der Waals surface area contributed by atoms with Gasteiger partial charge in [0.2, 0.25) is 0 Å². The normalized spacial score (nSPS) is 19.3. The van der Waals surface area contributed by atoms with Crippen LogP contribution in [0.3, 0.4) is 0 Å². The highest BCUT2D eigenvalue weighted by atomic mass is 16.5. The molecular formula is C11H21NO3. The number of aliphatic carboxylic acids is 1. The Bertz CT molecular complexity index is 188. The first-order chi connectivity index (χ1) is 7.22. The van der Waals surface area contributed by atoms with Crippen molar-refractivity contribution in [1.82, 2.24) is 4.90 Å². The molecule has 0 unspecified atom stereocenters. The van der Waals surface area contributed by atoms with Crippen molar-refractivity contribution in [2.45, 2.75) is 38.7 Å². The van der Waals surface area contributed by atoms with Gasteiger partial charge in [-0.1, -0.05) is 0 Å². The fraction of sp³-hybridized carbons (Fsp3) is 0.909. The van der Waals surface area contributed by atoms with Crippen LogP contribution in [0.1, 0.15) is 32.6 Å². The number of carboxylic acids is 1. The van der Waals surface area contributed by atoms with Crippen LogP contribution >= 0.6 is 0 Å². The Morgan fingerprint density at radius 1 is 1.47 bits per heavy atom. The molecule has 0 amide bonds. The molecule has 88 valence electrons. The number of ether oxygens (including phenoxy) is 1. The lowest BCUT2D eigenvalue weighted by molar-refractivity contribution is -0.137. The zero-order valence-corrected chi connectivity index (χ0v) is 9.45. The number of carbonyl (C=O) groups is 1. The molecular weight excluding hydrogens is 194 g/mol. The van der Waals surface area contributed by atoms with E-state index >= 15 is 0 Å². The monoisotopic (exact) mass is 215 g/mol. The summed E-state index contributed by atoms with van der Waals surface area (Å²) >= 11 is 0. The summed E-state index contributed by atoms with van der Waals surface area (Å²) in [6.07, 6.45) is 3.63. The molecule has 0 aromatic carbocycles.